The van der Waals surface area contributed by atoms with Gasteiger partial charge in [0.15, 0.2) is 0 Å². The van der Waals surface area contributed by atoms with Crippen molar-refractivity contribution in [3.8, 4) is 5.75 Å². The lowest BCUT2D eigenvalue weighted by molar-refractivity contribution is -0.384. The highest BCUT2D eigenvalue weighted by Gasteiger charge is 2.25. The van der Waals surface area contributed by atoms with Gasteiger partial charge in [-0.2, -0.15) is 0 Å². The zero-order valence-electron chi connectivity index (χ0n) is 11.8. The summed E-state index contributed by atoms with van der Waals surface area (Å²) in [5, 5.41) is 20.9. The molecule has 110 valence electrons. The van der Waals surface area contributed by atoms with Crippen LogP contribution in [-0.4, -0.2) is 35.8 Å². The molecule has 20 heavy (non-hydrogen) atoms. The minimum absolute atomic E-state index is 0.0130. The standard InChI is InChI=1S/C14H20N2O4/c1-3-20-13-7-11(6-12(8-13)16(18)19)15-5-4-10(2)14(17)9-15/h6-8,10,14,17H,3-5,9H2,1-2H3. The second-order valence-electron chi connectivity index (χ2n) is 5.15. The van der Waals surface area contributed by atoms with Crippen molar-refractivity contribution in [3.63, 3.8) is 0 Å². The summed E-state index contributed by atoms with van der Waals surface area (Å²) < 4.78 is 5.38. The third-order valence-corrected chi connectivity index (χ3v) is 3.68. The summed E-state index contributed by atoms with van der Waals surface area (Å²) >= 11 is 0. The van der Waals surface area contributed by atoms with E-state index in [0.717, 1.165) is 18.7 Å². The fraction of sp³-hybridized carbons (Fsp3) is 0.571. The topological polar surface area (TPSA) is 75.8 Å². The first-order chi connectivity index (χ1) is 9.51. The highest BCUT2D eigenvalue weighted by atomic mass is 16.6. The van der Waals surface area contributed by atoms with Crippen LogP contribution < -0.4 is 9.64 Å². The Balaban J connectivity index is 2.28. The molecule has 2 unspecified atom stereocenters. The average Bonchev–Trinajstić information content (AvgIpc) is 2.42. The van der Waals surface area contributed by atoms with Crippen molar-refractivity contribution in [3.05, 3.63) is 28.3 Å². The van der Waals surface area contributed by atoms with E-state index in [9.17, 15) is 15.2 Å². The first-order valence-electron chi connectivity index (χ1n) is 6.86. The lowest BCUT2D eigenvalue weighted by atomic mass is 9.95. The van der Waals surface area contributed by atoms with E-state index in [1.807, 2.05) is 18.7 Å². The molecular formula is C14H20N2O4. The van der Waals surface area contributed by atoms with Crippen LogP contribution >= 0.6 is 0 Å². The minimum Gasteiger partial charge on any atom is -0.494 e. The van der Waals surface area contributed by atoms with Gasteiger partial charge in [0.1, 0.15) is 5.75 Å². The second-order valence-corrected chi connectivity index (χ2v) is 5.15. The molecule has 0 bridgehead atoms. The van der Waals surface area contributed by atoms with Crippen LogP contribution in [-0.2, 0) is 0 Å². The molecule has 1 heterocycles. The van der Waals surface area contributed by atoms with Crippen molar-refractivity contribution >= 4 is 11.4 Å². The Morgan fingerprint density at radius 2 is 2.25 bits per heavy atom. The smallest absolute Gasteiger partial charge is 0.275 e. The maximum absolute atomic E-state index is 11.0. The predicted molar refractivity (Wildman–Crippen MR) is 76.3 cm³/mol. The van der Waals surface area contributed by atoms with E-state index in [1.165, 1.54) is 12.1 Å². The van der Waals surface area contributed by atoms with E-state index >= 15 is 0 Å². The summed E-state index contributed by atoms with van der Waals surface area (Å²) in [6.45, 7) is 5.59. The van der Waals surface area contributed by atoms with Gasteiger partial charge in [0, 0.05) is 30.9 Å². The number of rotatable bonds is 4. The molecule has 0 saturated carbocycles. The monoisotopic (exact) mass is 280 g/mol. The van der Waals surface area contributed by atoms with Crippen LogP contribution in [0.4, 0.5) is 11.4 Å². The van der Waals surface area contributed by atoms with E-state index < -0.39 is 11.0 Å². The third-order valence-electron chi connectivity index (χ3n) is 3.68. The maximum Gasteiger partial charge on any atom is 0.275 e. The molecule has 1 aromatic rings. The molecule has 2 rings (SSSR count). The SMILES string of the molecule is CCOc1cc(N2CCC(C)C(O)C2)cc([N+](=O)[O-])c1. The predicted octanol–water partition coefficient (Wildman–Crippen LogP) is 2.20. The Hall–Kier alpha value is -1.82. The fourth-order valence-corrected chi connectivity index (χ4v) is 2.39. The highest BCUT2D eigenvalue weighted by Crippen LogP contribution is 2.31. The lowest BCUT2D eigenvalue weighted by Crippen LogP contribution is -2.42. The number of β-amino-alcohol motifs (C(OH)–C–C–N with tert-alkyl or cyclic N) is 1. The summed E-state index contributed by atoms with van der Waals surface area (Å²) in [6.07, 6.45) is 0.465. The van der Waals surface area contributed by atoms with E-state index in [4.69, 9.17) is 4.74 Å². The molecule has 6 nitrogen and oxygen atoms in total. The Bertz CT molecular complexity index is 492. The van der Waals surface area contributed by atoms with Crippen molar-refractivity contribution in [2.45, 2.75) is 26.4 Å². The van der Waals surface area contributed by atoms with Crippen molar-refractivity contribution < 1.29 is 14.8 Å². The Morgan fingerprint density at radius 3 is 2.85 bits per heavy atom. The number of anilines is 1. The fourth-order valence-electron chi connectivity index (χ4n) is 2.39. The van der Waals surface area contributed by atoms with Gasteiger partial charge in [0.05, 0.1) is 23.7 Å². The van der Waals surface area contributed by atoms with Crippen LogP contribution in [0.2, 0.25) is 0 Å². The second kappa shape index (κ2) is 6.09. The van der Waals surface area contributed by atoms with Gasteiger partial charge in [-0.3, -0.25) is 10.1 Å². The Morgan fingerprint density at radius 1 is 1.50 bits per heavy atom. The molecule has 6 heteroatoms. The van der Waals surface area contributed by atoms with Gasteiger partial charge in [-0.25, -0.2) is 0 Å². The van der Waals surface area contributed by atoms with E-state index in [0.29, 0.717) is 18.9 Å². The quantitative estimate of drug-likeness (QED) is 0.676. The number of nitrogens with zero attached hydrogens (tertiary/aromatic N) is 2. The molecule has 0 amide bonds. The summed E-state index contributed by atoms with van der Waals surface area (Å²) in [7, 11) is 0. The molecule has 1 aromatic carbocycles. The molecular weight excluding hydrogens is 260 g/mol. The van der Waals surface area contributed by atoms with Gasteiger partial charge < -0.3 is 14.7 Å². The number of piperidine rings is 1. The number of non-ortho nitro benzene ring substituents is 1. The summed E-state index contributed by atoms with van der Waals surface area (Å²) in [5.41, 5.74) is 0.743. The molecule has 1 N–H and O–H groups in total. The van der Waals surface area contributed by atoms with Crippen LogP contribution in [0.25, 0.3) is 0 Å². The lowest BCUT2D eigenvalue weighted by Gasteiger charge is -2.35. The van der Waals surface area contributed by atoms with Crippen molar-refractivity contribution in [1.82, 2.24) is 0 Å². The number of hydrogen-bond acceptors (Lipinski definition) is 5. The van der Waals surface area contributed by atoms with Crippen molar-refractivity contribution in [2.75, 3.05) is 24.6 Å². The Labute approximate surface area is 118 Å². The average molecular weight is 280 g/mol. The number of nitro benzene ring substituents is 1. The molecule has 1 saturated heterocycles. The van der Waals surface area contributed by atoms with Gasteiger partial charge in [0.2, 0.25) is 0 Å². The largest absolute Gasteiger partial charge is 0.494 e. The van der Waals surface area contributed by atoms with Crippen molar-refractivity contribution in [1.29, 1.82) is 0 Å². The molecule has 0 radical (unpaired) electrons. The number of benzene rings is 1. The molecule has 1 fully saturated rings. The van der Waals surface area contributed by atoms with E-state index in [2.05, 4.69) is 0 Å². The summed E-state index contributed by atoms with van der Waals surface area (Å²) in [5.74, 6) is 0.751. The van der Waals surface area contributed by atoms with Crippen LogP contribution in [0, 0.1) is 16.0 Å². The molecule has 0 spiro atoms. The normalized spacial score (nSPS) is 22.6. The number of aliphatic hydroxyl groups is 1. The molecule has 0 aromatic heterocycles. The van der Waals surface area contributed by atoms with Gasteiger partial charge in [-0.05, 0) is 19.3 Å². The summed E-state index contributed by atoms with van der Waals surface area (Å²) in [4.78, 5) is 12.5. The molecule has 1 aliphatic rings. The van der Waals surface area contributed by atoms with Crippen molar-refractivity contribution in [2.24, 2.45) is 5.92 Å². The molecule has 1 aliphatic heterocycles. The molecule has 0 aliphatic carbocycles. The minimum atomic E-state index is -0.422. The van der Waals surface area contributed by atoms with Gasteiger partial charge >= 0.3 is 0 Å². The zero-order valence-corrected chi connectivity index (χ0v) is 11.8. The third kappa shape index (κ3) is 3.19. The number of aliphatic hydroxyl groups excluding tert-OH is 1. The maximum atomic E-state index is 11.0. The summed E-state index contributed by atoms with van der Waals surface area (Å²) in [6, 6.07) is 4.75. The first kappa shape index (κ1) is 14.6. The van der Waals surface area contributed by atoms with Gasteiger partial charge in [-0.1, -0.05) is 6.92 Å². The zero-order chi connectivity index (χ0) is 14.7. The van der Waals surface area contributed by atoms with Gasteiger partial charge in [-0.15, -0.1) is 0 Å². The number of ether oxygens (including phenoxy) is 1. The molecule has 2 atom stereocenters. The highest BCUT2D eigenvalue weighted by molar-refractivity contribution is 5.58. The van der Waals surface area contributed by atoms with Gasteiger partial charge in [0.25, 0.3) is 5.69 Å². The first-order valence-corrected chi connectivity index (χ1v) is 6.86. The van der Waals surface area contributed by atoms with Crippen LogP contribution in [0.1, 0.15) is 20.3 Å². The van der Waals surface area contributed by atoms with Crippen LogP contribution in [0.3, 0.4) is 0 Å². The Kier molecular flexibility index (Phi) is 4.44. The van der Waals surface area contributed by atoms with E-state index in [1.54, 1.807) is 6.07 Å². The van der Waals surface area contributed by atoms with E-state index in [-0.39, 0.29) is 11.6 Å². The number of hydrogen-bond donors (Lipinski definition) is 1. The van der Waals surface area contributed by atoms with Crippen LogP contribution in [0.5, 0.6) is 5.75 Å². The number of nitro groups is 1. The van der Waals surface area contributed by atoms with Crippen LogP contribution in [0.15, 0.2) is 18.2 Å².